The minimum atomic E-state index is 0.0986. The molecule has 0 spiro atoms. The van der Waals surface area contributed by atoms with Crippen LogP contribution in [-0.2, 0) is 6.42 Å². The fourth-order valence-electron chi connectivity index (χ4n) is 1.70. The second-order valence-corrected chi connectivity index (χ2v) is 4.13. The van der Waals surface area contributed by atoms with Crippen LogP contribution in [0.5, 0.6) is 12.0 Å². The molecule has 0 aliphatic rings. The second-order valence-electron chi connectivity index (χ2n) is 4.13. The van der Waals surface area contributed by atoms with Crippen LogP contribution in [0, 0.1) is 0 Å². The summed E-state index contributed by atoms with van der Waals surface area (Å²) in [5.41, 5.74) is 6.84. The molecule has 2 rings (SSSR count). The molecule has 0 radical (unpaired) electrons. The smallest absolute Gasteiger partial charge is 0.324 e. The summed E-state index contributed by atoms with van der Waals surface area (Å²) >= 11 is 0. The molecule has 1 aromatic carbocycles. The van der Waals surface area contributed by atoms with Gasteiger partial charge in [-0.15, -0.1) is 4.98 Å². The van der Waals surface area contributed by atoms with Crippen LogP contribution in [0.2, 0.25) is 0 Å². The maximum absolute atomic E-state index is 5.56. The van der Waals surface area contributed by atoms with Gasteiger partial charge in [0.15, 0.2) is 0 Å². The van der Waals surface area contributed by atoms with Crippen molar-refractivity contribution in [2.24, 2.45) is 0 Å². The van der Waals surface area contributed by atoms with Crippen LogP contribution in [0.1, 0.15) is 18.9 Å². The molecule has 0 saturated heterocycles. The molecular formula is C14H18N4O2. The van der Waals surface area contributed by atoms with Crippen molar-refractivity contribution >= 4 is 5.95 Å². The Labute approximate surface area is 118 Å². The lowest BCUT2D eigenvalue weighted by Crippen LogP contribution is -2.08. The van der Waals surface area contributed by atoms with Crippen molar-refractivity contribution in [1.29, 1.82) is 0 Å². The SMILES string of the molecule is CCOc1nc(N)nc(OCCCc2ccccc2)n1. The van der Waals surface area contributed by atoms with E-state index in [1.165, 1.54) is 5.56 Å². The second kappa shape index (κ2) is 7.28. The zero-order chi connectivity index (χ0) is 14.2. The average molecular weight is 274 g/mol. The summed E-state index contributed by atoms with van der Waals surface area (Å²) in [7, 11) is 0. The lowest BCUT2D eigenvalue weighted by atomic mass is 10.1. The summed E-state index contributed by atoms with van der Waals surface area (Å²) in [5.74, 6) is 0.0986. The van der Waals surface area contributed by atoms with E-state index in [0.29, 0.717) is 13.2 Å². The number of anilines is 1. The molecule has 2 N–H and O–H groups in total. The topological polar surface area (TPSA) is 83.2 Å². The van der Waals surface area contributed by atoms with Crippen molar-refractivity contribution in [3.8, 4) is 12.0 Å². The number of rotatable bonds is 7. The first kappa shape index (κ1) is 14.0. The number of aryl methyl sites for hydroxylation is 1. The van der Waals surface area contributed by atoms with E-state index < -0.39 is 0 Å². The summed E-state index contributed by atoms with van der Waals surface area (Å²) in [6.45, 7) is 2.83. The van der Waals surface area contributed by atoms with Gasteiger partial charge in [-0.3, -0.25) is 0 Å². The van der Waals surface area contributed by atoms with E-state index >= 15 is 0 Å². The molecule has 0 aliphatic carbocycles. The minimum absolute atomic E-state index is 0.0986. The molecular weight excluding hydrogens is 256 g/mol. The molecule has 0 unspecified atom stereocenters. The number of hydrogen-bond donors (Lipinski definition) is 1. The third-order valence-corrected chi connectivity index (χ3v) is 2.57. The summed E-state index contributed by atoms with van der Waals surface area (Å²) in [6, 6.07) is 10.6. The minimum Gasteiger partial charge on any atom is -0.464 e. The van der Waals surface area contributed by atoms with Gasteiger partial charge in [0, 0.05) is 0 Å². The Hall–Kier alpha value is -2.37. The van der Waals surface area contributed by atoms with E-state index in [1.807, 2.05) is 25.1 Å². The van der Waals surface area contributed by atoms with E-state index in [2.05, 4.69) is 27.1 Å². The molecule has 0 aliphatic heterocycles. The average Bonchev–Trinajstić information content (AvgIpc) is 2.45. The lowest BCUT2D eigenvalue weighted by Gasteiger charge is -2.06. The zero-order valence-corrected chi connectivity index (χ0v) is 11.5. The van der Waals surface area contributed by atoms with Gasteiger partial charge in [-0.2, -0.15) is 9.97 Å². The Kier molecular flexibility index (Phi) is 5.11. The highest BCUT2D eigenvalue weighted by atomic mass is 16.5. The molecule has 0 atom stereocenters. The van der Waals surface area contributed by atoms with Crippen molar-refractivity contribution < 1.29 is 9.47 Å². The Bertz CT molecular complexity index is 534. The van der Waals surface area contributed by atoms with Crippen LogP contribution < -0.4 is 15.2 Å². The Morgan fingerprint density at radius 2 is 1.70 bits per heavy atom. The molecule has 6 nitrogen and oxygen atoms in total. The highest BCUT2D eigenvalue weighted by molar-refractivity contribution is 5.20. The first-order valence-electron chi connectivity index (χ1n) is 6.59. The zero-order valence-electron chi connectivity index (χ0n) is 11.5. The Balaban J connectivity index is 1.81. The number of aromatic nitrogens is 3. The lowest BCUT2D eigenvalue weighted by molar-refractivity contribution is 0.266. The number of nitrogen functional groups attached to an aromatic ring is 1. The third-order valence-electron chi connectivity index (χ3n) is 2.57. The van der Waals surface area contributed by atoms with Crippen molar-refractivity contribution in [2.75, 3.05) is 18.9 Å². The molecule has 106 valence electrons. The van der Waals surface area contributed by atoms with Crippen molar-refractivity contribution in [2.45, 2.75) is 19.8 Å². The van der Waals surface area contributed by atoms with Gasteiger partial charge < -0.3 is 15.2 Å². The van der Waals surface area contributed by atoms with E-state index in [-0.39, 0.29) is 18.0 Å². The maximum atomic E-state index is 5.56. The van der Waals surface area contributed by atoms with Crippen molar-refractivity contribution in [3.05, 3.63) is 35.9 Å². The largest absolute Gasteiger partial charge is 0.464 e. The number of benzene rings is 1. The molecule has 0 fully saturated rings. The third kappa shape index (κ3) is 4.38. The number of ether oxygens (including phenoxy) is 2. The van der Waals surface area contributed by atoms with Gasteiger partial charge in [0.1, 0.15) is 0 Å². The van der Waals surface area contributed by atoms with E-state index in [4.69, 9.17) is 15.2 Å². The van der Waals surface area contributed by atoms with Crippen molar-refractivity contribution in [3.63, 3.8) is 0 Å². The highest BCUT2D eigenvalue weighted by Crippen LogP contribution is 2.11. The highest BCUT2D eigenvalue weighted by Gasteiger charge is 2.05. The van der Waals surface area contributed by atoms with Gasteiger partial charge in [0.2, 0.25) is 5.95 Å². The van der Waals surface area contributed by atoms with Crippen molar-refractivity contribution in [1.82, 2.24) is 15.0 Å². The van der Waals surface area contributed by atoms with E-state index in [1.54, 1.807) is 0 Å². The Morgan fingerprint density at radius 1 is 1.00 bits per heavy atom. The maximum Gasteiger partial charge on any atom is 0.324 e. The normalized spacial score (nSPS) is 10.2. The number of nitrogens with zero attached hydrogens (tertiary/aromatic N) is 3. The van der Waals surface area contributed by atoms with Gasteiger partial charge in [-0.1, -0.05) is 30.3 Å². The quantitative estimate of drug-likeness (QED) is 0.776. The van der Waals surface area contributed by atoms with E-state index in [0.717, 1.165) is 12.8 Å². The fourth-order valence-corrected chi connectivity index (χ4v) is 1.70. The number of hydrogen-bond acceptors (Lipinski definition) is 6. The summed E-state index contributed by atoms with van der Waals surface area (Å²) < 4.78 is 10.7. The molecule has 2 aromatic rings. The molecule has 6 heteroatoms. The van der Waals surface area contributed by atoms with Crippen LogP contribution in [0.15, 0.2) is 30.3 Å². The predicted octanol–water partition coefficient (Wildman–Crippen LogP) is 1.86. The van der Waals surface area contributed by atoms with Gasteiger partial charge in [-0.25, -0.2) is 0 Å². The standard InChI is InChI=1S/C14H18N4O2/c1-2-19-13-16-12(15)17-14(18-13)20-10-6-9-11-7-4-3-5-8-11/h3-5,7-8H,2,6,9-10H2,1H3,(H2,15,16,17,18). The van der Waals surface area contributed by atoms with Crippen LogP contribution in [0.3, 0.4) is 0 Å². The van der Waals surface area contributed by atoms with Gasteiger partial charge >= 0.3 is 12.0 Å². The summed E-state index contributed by atoms with van der Waals surface area (Å²) in [5, 5.41) is 0. The fraction of sp³-hybridized carbons (Fsp3) is 0.357. The van der Waals surface area contributed by atoms with Gasteiger partial charge in [0.25, 0.3) is 0 Å². The molecule has 0 saturated carbocycles. The monoisotopic (exact) mass is 274 g/mol. The molecule has 0 amide bonds. The van der Waals surface area contributed by atoms with Crippen LogP contribution in [-0.4, -0.2) is 28.2 Å². The van der Waals surface area contributed by atoms with Crippen LogP contribution >= 0.6 is 0 Å². The van der Waals surface area contributed by atoms with Crippen LogP contribution in [0.25, 0.3) is 0 Å². The Morgan fingerprint density at radius 3 is 2.40 bits per heavy atom. The first-order valence-corrected chi connectivity index (χ1v) is 6.59. The summed E-state index contributed by atoms with van der Waals surface area (Å²) in [6.07, 6.45) is 1.82. The van der Waals surface area contributed by atoms with Gasteiger partial charge in [-0.05, 0) is 25.3 Å². The molecule has 1 aromatic heterocycles. The first-order chi connectivity index (χ1) is 9.78. The van der Waals surface area contributed by atoms with Crippen LogP contribution in [0.4, 0.5) is 5.95 Å². The van der Waals surface area contributed by atoms with Gasteiger partial charge in [0.05, 0.1) is 13.2 Å². The predicted molar refractivity (Wildman–Crippen MR) is 75.7 cm³/mol. The number of nitrogens with two attached hydrogens (primary N) is 1. The summed E-state index contributed by atoms with van der Waals surface area (Å²) in [4.78, 5) is 11.8. The molecule has 1 heterocycles. The molecule has 0 bridgehead atoms. The van der Waals surface area contributed by atoms with E-state index in [9.17, 15) is 0 Å². The molecule has 20 heavy (non-hydrogen) atoms.